The van der Waals surface area contributed by atoms with Crippen LogP contribution < -0.4 is 16.0 Å². The number of hydrogen-bond acceptors (Lipinski definition) is 6. The predicted octanol–water partition coefficient (Wildman–Crippen LogP) is 2.44. The molecule has 0 aromatic rings. The van der Waals surface area contributed by atoms with Gasteiger partial charge in [0.25, 0.3) is 0 Å². The Balaban J connectivity index is 1.39. The number of thioether (sulfide) groups is 1. The fourth-order valence-corrected chi connectivity index (χ4v) is 5.36. The first kappa shape index (κ1) is 22.5. The van der Waals surface area contributed by atoms with E-state index >= 15 is 0 Å². The molecule has 2 aliphatic heterocycles. The van der Waals surface area contributed by atoms with Crippen LogP contribution in [0.4, 0.5) is 4.79 Å². The molecular weight excluding hydrogens is 389 g/mol. The zero-order valence-electron chi connectivity index (χ0n) is 16.0. The molecule has 0 bridgehead atoms. The highest BCUT2D eigenvalue weighted by molar-refractivity contribution is 8.00. The lowest BCUT2D eigenvalue weighted by Gasteiger charge is -2.16. The van der Waals surface area contributed by atoms with Crippen LogP contribution in [0, 0.1) is 0 Å². The van der Waals surface area contributed by atoms with Crippen LogP contribution in [0.5, 0.6) is 0 Å². The minimum atomic E-state index is -2.29. The Bertz CT molecular complexity index is 511. The highest BCUT2D eigenvalue weighted by Crippen LogP contribution is 2.33. The van der Waals surface area contributed by atoms with Crippen molar-refractivity contribution in [3.05, 3.63) is 0 Å². The van der Waals surface area contributed by atoms with Gasteiger partial charge in [-0.3, -0.25) is 9.36 Å². The quantitative estimate of drug-likeness (QED) is 0.226. The third-order valence-electron chi connectivity index (χ3n) is 4.86. The van der Waals surface area contributed by atoms with Crippen LogP contribution in [0.2, 0.25) is 0 Å². The molecule has 0 saturated carbocycles. The molecule has 4 unspecified atom stereocenters. The van der Waals surface area contributed by atoms with Gasteiger partial charge in [-0.15, -0.1) is 0 Å². The molecule has 10 heteroatoms. The van der Waals surface area contributed by atoms with Crippen molar-refractivity contribution in [2.75, 3.05) is 26.0 Å². The largest absolute Gasteiger partial charge is 0.356 e. The van der Waals surface area contributed by atoms with Crippen molar-refractivity contribution >= 4 is 32.0 Å². The average molecular weight is 422 g/mol. The Kier molecular flexibility index (Phi) is 10.6. The van der Waals surface area contributed by atoms with Gasteiger partial charge in [-0.1, -0.05) is 19.3 Å². The molecule has 156 valence electrons. The first-order valence-corrected chi connectivity index (χ1v) is 12.0. The lowest BCUT2D eigenvalue weighted by Crippen LogP contribution is -2.36. The molecule has 4 atom stereocenters. The van der Waals surface area contributed by atoms with Crippen molar-refractivity contribution in [3.63, 3.8) is 0 Å². The fourth-order valence-electron chi connectivity index (χ4n) is 3.39. The third kappa shape index (κ3) is 8.42. The maximum Gasteiger partial charge on any atom is 0.318 e. The molecule has 2 aliphatic rings. The van der Waals surface area contributed by atoms with Gasteiger partial charge in [0.2, 0.25) is 5.91 Å². The molecule has 0 radical (unpaired) electrons. The molecule has 8 nitrogen and oxygen atoms in total. The number of hydrogen-bond donors (Lipinski definition) is 3. The number of rotatable bonds is 14. The van der Waals surface area contributed by atoms with Crippen LogP contribution in [0.15, 0.2) is 0 Å². The van der Waals surface area contributed by atoms with E-state index in [2.05, 4.69) is 20.5 Å². The van der Waals surface area contributed by atoms with Gasteiger partial charge < -0.3 is 25.0 Å². The zero-order valence-corrected chi connectivity index (χ0v) is 17.8. The van der Waals surface area contributed by atoms with Crippen molar-refractivity contribution in [1.29, 1.82) is 0 Å². The monoisotopic (exact) mass is 421 g/mol. The first-order chi connectivity index (χ1) is 13.1. The fraction of sp³-hybridized carbons (Fsp3) is 0.882. The third-order valence-corrected chi connectivity index (χ3v) is 7.14. The van der Waals surface area contributed by atoms with Crippen LogP contribution in [0.1, 0.15) is 51.4 Å². The number of unbranched alkanes of at least 4 members (excludes halogenated alkanes) is 4. The number of urea groups is 1. The van der Waals surface area contributed by atoms with Crippen molar-refractivity contribution in [2.45, 2.75) is 68.7 Å². The van der Waals surface area contributed by atoms with Gasteiger partial charge in [-0.05, 0) is 25.7 Å². The summed E-state index contributed by atoms with van der Waals surface area (Å²) in [6.07, 6.45) is 7.30. The molecule has 3 amide bonds. The number of amides is 3. The van der Waals surface area contributed by atoms with Crippen molar-refractivity contribution < 1.29 is 23.2 Å². The molecule has 2 rings (SSSR count). The van der Waals surface area contributed by atoms with Crippen molar-refractivity contribution in [1.82, 2.24) is 16.0 Å². The summed E-state index contributed by atoms with van der Waals surface area (Å²) in [4.78, 5) is 23.2. The van der Waals surface area contributed by atoms with Crippen LogP contribution in [0.25, 0.3) is 0 Å². The normalized spacial score (nSPS) is 24.9. The second-order valence-corrected chi connectivity index (χ2v) is 9.40. The van der Waals surface area contributed by atoms with E-state index < -0.39 is 8.25 Å². The van der Waals surface area contributed by atoms with Crippen LogP contribution in [0.3, 0.4) is 0 Å². The zero-order chi connectivity index (χ0) is 19.5. The maximum absolute atomic E-state index is 11.9. The summed E-state index contributed by atoms with van der Waals surface area (Å²) in [7, 11) is -0.916. The van der Waals surface area contributed by atoms with Gasteiger partial charge in [-0.2, -0.15) is 11.8 Å². The second kappa shape index (κ2) is 12.6. The van der Waals surface area contributed by atoms with Gasteiger partial charge in [0.1, 0.15) is 0 Å². The predicted molar refractivity (Wildman–Crippen MR) is 107 cm³/mol. The molecular formula is C17H32N3O5PS. The Hall–Kier alpha value is -0.760. The number of carbonyl (C=O) groups is 2. The molecule has 0 aromatic heterocycles. The van der Waals surface area contributed by atoms with Gasteiger partial charge in [-0.25, -0.2) is 4.79 Å². The second-order valence-electron chi connectivity index (χ2n) is 6.93. The molecule has 0 aliphatic carbocycles. The van der Waals surface area contributed by atoms with E-state index in [9.17, 15) is 14.2 Å². The molecule has 2 saturated heterocycles. The number of carbonyl (C=O) groups excluding carboxylic acids is 2. The van der Waals surface area contributed by atoms with E-state index in [1.807, 2.05) is 11.8 Å². The van der Waals surface area contributed by atoms with Crippen molar-refractivity contribution in [3.8, 4) is 0 Å². The first-order valence-electron chi connectivity index (χ1n) is 9.76. The topological polar surface area (TPSA) is 106 Å². The summed E-state index contributed by atoms with van der Waals surface area (Å²) in [6, 6.07) is 0.469. The minimum absolute atomic E-state index is 0.0480. The van der Waals surface area contributed by atoms with E-state index in [1.54, 1.807) is 0 Å². The summed E-state index contributed by atoms with van der Waals surface area (Å²) in [5.74, 6) is 1.09. The summed E-state index contributed by atoms with van der Waals surface area (Å²) < 4.78 is 20.5. The van der Waals surface area contributed by atoms with E-state index in [4.69, 9.17) is 4.52 Å². The van der Waals surface area contributed by atoms with E-state index in [-0.39, 0.29) is 24.0 Å². The highest BCUT2D eigenvalue weighted by atomic mass is 32.2. The van der Waals surface area contributed by atoms with Crippen LogP contribution in [-0.2, 0) is 18.4 Å². The van der Waals surface area contributed by atoms with Gasteiger partial charge in [0.15, 0.2) is 0 Å². The Morgan fingerprint density at radius 2 is 2.04 bits per heavy atom. The number of fused-ring (bicyclic) bond motifs is 1. The van der Waals surface area contributed by atoms with Gasteiger partial charge in [0, 0.05) is 31.1 Å². The molecule has 2 fully saturated rings. The van der Waals surface area contributed by atoms with Gasteiger partial charge >= 0.3 is 14.3 Å². The summed E-state index contributed by atoms with van der Waals surface area (Å²) in [5, 5.41) is 9.37. The smallest absolute Gasteiger partial charge is 0.318 e. The lowest BCUT2D eigenvalue weighted by molar-refractivity contribution is -0.121. The van der Waals surface area contributed by atoms with Crippen molar-refractivity contribution in [2.24, 2.45) is 0 Å². The van der Waals surface area contributed by atoms with Gasteiger partial charge in [0.05, 0.1) is 18.7 Å². The Morgan fingerprint density at radius 3 is 2.85 bits per heavy atom. The SMILES string of the molecule is CO[PH](=O)OCCCCCCNC(=O)CCCCC1SCC2NC(=O)NC21. The molecule has 2 heterocycles. The summed E-state index contributed by atoms with van der Waals surface area (Å²) in [5.41, 5.74) is 0. The number of nitrogens with one attached hydrogen (secondary N) is 3. The molecule has 0 spiro atoms. The summed E-state index contributed by atoms with van der Waals surface area (Å²) >= 11 is 1.91. The Labute approximate surface area is 166 Å². The molecule has 27 heavy (non-hydrogen) atoms. The minimum Gasteiger partial charge on any atom is -0.356 e. The molecule has 3 N–H and O–H groups in total. The van der Waals surface area contributed by atoms with E-state index in [0.29, 0.717) is 24.8 Å². The maximum atomic E-state index is 11.9. The standard InChI is InChI=1S/C17H32N3O5PS/c1-24-26(23)25-11-7-3-2-6-10-18-15(21)9-5-4-8-14-16-13(12-27-14)19-17(22)20-16/h13-14,16,26H,2-12H2,1H3,(H,18,21)(H2,19,20,22). The summed E-state index contributed by atoms with van der Waals surface area (Å²) in [6.45, 7) is 1.16. The molecule has 0 aromatic carbocycles. The Morgan fingerprint density at radius 1 is 1.22 bits per heavy atom. The van der Waals surface area contributed by atoms with Crippen LogP contribution >= 0.6 is 20.0 Å². The van der Waals surface area contributed by atoms with E-state index in [0.717, 1.165) is 50.7 Å². The van der Waals surface area contributed by atoms with E-state index in [1.165, 1.54) is 7.11 Å². The lowest BCUT2D eigenvalue weighted by atomic mass is 10.0. The van der Waals surface area contributed by atoms with Crippen LogP contribution in [-0.4, -0.2) is 55.3 Å². The highest BCUT2D eigenvalue weighted by Gasteiger charge is 2.42. The average Bonchev–Trinajstić information content (AvgIpc) is 3.20.